The van der Waals surface area contributed by atoms with Crippen molar-refractivity contribution in [1.29, 1.82) is 0 Å². The van der Waals surface area contributed by atoms with E-state index in [1.54, 1.807) is 11.1 Å². The minimum Gasteiger partial charge on any atom is -0.353 e. The number of nitrogens with zero attached hydrogens (tertiary/aromatic N) is 9. The number of ketones is 1. The Bertz CT molecular complexity index is 3250. The van der Waals surface area contributed by atoms with Gasteiger partial charge in [-0.25, -0.2) is 4.98 Å². The Balaban J connectivity index is 0.000000172. The molecule has 11 rings (SSSR count). The molecule has 0 saturated carbocycles. The number of hydrogen-bond donors (Lipinski definition) is 0. The van der Waals surface area contributed by atoms with E-state index in [2.05, 4.69) is 108 Å². The second-order valence-corrected chi connectivity index (χ2v) is 21.8. The van der Waals surface area contributed by atoms with E-state index in [0.717, 1.165) is 106 Å². The molecule has 16 heteroatoms. The highest BCUT2D eigenvalue weighted by atomic mass is 79.9. The van der Waals surface area contributed by atoms with Gasteiger partial charge in [-0.3, -0.25) is 28.9 Å². The number of Topliss-reactive ketones (excluding diaryl/α,β-unsaturated/α-hetero) is 1. The largest absolute Gasteiger partial charge is 0.353 e. The number of pyridine rings is 1. The molecule has 5 aliphatic rings. The Morgan fingerprint density at radius 1 is 0.730 bits per heavy atom. The number of fused-ring (bicyclic) bond motifs is 3. The minimum absolute atomic E-state index is 0.00636. The summed E-state index contributed by atoms with van der Waals surface area (Å²) in [6.07, 6.45) is 14.0. The molecule has 74 heavy (non-hydrogen) atoms. The van der Waals surface area contributed by atoms with Gasteiger partial charge in [0.05, 0.1) is 17.7 Å². The zero-order valence-electron chi connectivity index (χ0n) is 41.6. The maximum absolute atomic E-state index is 14.0. The van der Waals surface area contributed by atoms with Crippen LogP contribution in [0, 0.1) is 25.2 Å². The van der Waals surface area contributed by atoms with Gasteiger partial charge in [-0.05, 0) is 91.6 Å². The van der Waals surface area contributed by atoms with Gasteiger partial charge in [-0.15, -0.1) is 6.42 Å². The summed E-state index contributed by atoms with van der Waals surface area (Å²) >= 11 is 7.16. The van der Waals surface area contributed by atoms with Crippen LogP contribution in [-0.4, -0.2) is 146 Å². The third kappa shape index (κ3) is 10.2. The zero-order chi connectivity index (χ0) is 51.8. The molecule has 0 radical (unpaired) electrons. The molecule has 0 spiro atoms. The average Bonchev–Trinajstić information content (AvgIpc) is 4.10. The normalized spacial score (nSPS) is 18.0. The summed E-state index contributed by atoms with van der Waals surface area (Å²) in [5, 5.41) is 1.84. The van der Waals surface area contributed by atoms with Crippen molar-refractivity contribution < 1.29 is 24.0 Å². The molecular formula is C58H59Br2N9O5. The SMILES string of the molecule is C#Cc1ccc(N2CCN(C(=O)c3c(C)n(C4CCN(C5CN(C(=O)C=C)C5)C4)c4ccc(Br)cc34)CC2)nc1.C=CC(=O)N1CC(CC(=O)Cn2cc(C(=O)N3CCc4ccccc4C3)c3cc(Br)ccc32)C1. The molecule has 380 valence electrons. The van der Waals surface area contributed by atoms with Crippen LogP contribution in [0.2, 0.25) is 0 Å². The van der Waals surface area contributed by atoms with Crippen LogP contribution in [0.15, 0.2) is 119 Å². The summed E-state index contributed by atoms with van der Waals surface area (Å²) < 4.78 is 6.13. The molecule has 3 aromatic carbocycles. The van der Waals surface area contributed by atoms with Crippen LogP contribution < -0.4 is 4.90 Å². The number of piperazine rings is 1. The number of aromatic nitrogens is 3. The van der Waals surface area contributed by atoms with Gasteiger partial charge in [0.1, 0.15) is 5.82 Å². The van der Waals surface area contributed by atoms with Crippen LogP contribution in [0.1, 0.15) is 62.0 Å². The fourth-order valence-electron chi connectivity index (χ4n) is 11.4. The molecule has 0 N–H and O–H groups in total. The van der Waals surface area contributed by atoms with Crippen LogP contribution in [0.3, 0.4) is 0 Å². The Morgan fingerprint density at radius 2 is 1.41 bits per heavy atom. The van der Waals surface area contributed by atoms with Gasteiger partial charge in [-0.2, -0.15) is 0 Å². The summed E-state index contributed by atoms with van der Waals surface area (Å²) in [6, 6.07) is 24.9. The lowest BCUT2D eigenvalue weighted by atomic mass is 9.94. The van der Waals surface area contributed by atoms with Crippen LogP contribution in [-0.2, 0) is 33.9 Å². The van der Waals surface area contributed by atoms with Crippen LogP contribution in [0.25, 0.3) is 21.8 Å². The number of benzene rings is 3. The molecule has 6 aromatic rings. The van der Waals surface area contributed by atoms with Crippen LogP contribution in [0.5, 0.6) is 0 Å². The van der Waals surface area contributed by atoms with Crippen LogP contribution >= 0.6 is 31.9 Å². The molecule has 8 heterocycles. The minimum atomic E-state index is -0.0887. The number of terminal acetylenes is 1. The first-order chi connectivity index (χ1) is 35.8. The number of carbonyl (C=O) groups is 5. The van der Waals surface area contributed by atoms with Crippen molar-refractivity contribution in [2.75, 3.05) is 76.9 Å². The van der Waals surface area contributed by atoms with Crippen molar-refractivity contribution in [2.24, 2.45) is 5.92 Å². The molecule has 4 fully saturated rings. The lowest BCUT2D eigenvalue weighted by molar-refractivity contribution is -0.134. The van der Waals surface area contributed by atoms with E-state index in [0.29, 0.717) is 57.3 Å². The van der Waals surface area contributed by atoms with Crippen molar-refractivity contribution in [2.45, 2.75) is 51.4 Å². The number of carbonyl (C=O) groups excluding carboxylic acids is 5. The molecule has 1 atom stereocenters. The van der Waals surface area contributed by atoms with E-state index >= 15 is 0 Å². The number of likely N-dealkylation sites (tertiary alicyclic amines) is 3. The fraction of sp³-hybridized carbons (Fsp3) is 0.345. The van der Waals surface area contributed by atoms with Gasteiger partial charge in [-0.1, -0.05) is 75.2 Å². The number of amides is 4. The summed E-state index contributed by atoms with van der Waals surface area (Å²) in [4.78, 5) is 80.6. The van der Waals surface area contributed by atoms with E-state index in [-0.39, 0.29) is 47.9 Å². The lowest BCUT2D eigenvalue weighted by Crippen LogP contribution is -2.60. The van der Waals surface area contributed by atoms with Crippen molar-refractivity contribution in [1.82, 2.24) is 38.6 Å². The predicted octanol–water partition coefficient (Wildman–Crippen LogP) is 7.90. The molecule has 3 aromatic heterocycles. The van der Waals surface area contributed by atoms with Gasteiger partial charge in [0.2, 0.25) is 11.8 Å². The predicted molar refractivity (Wildman–Crippen MR) is 295 cm³/mol. The number of rotatable bonds is 11. The Kier molecular flexibility index (Phi) is 14.8. The van der Waals surface area contributed by atoms with Crippen molar-refractivity contribution in [3.05, 3.63) is 153 Å². The molecule has 4 saturated heterocycles. The quantitative estimate of drug-likeness (QED) is 0.0948. The molecule has 14 nitrogen and oxygen atoms in total. The van der Waals surface area contributed by atoms with Crippen molar-refractivity contribution in [3.8, 4) is 12.3 Å². The van der Waals surface area contributed by atoms with E-state index in [1.165, 1.54) is 23.3 Å². The van der Waals surface area contributed by atoms with E-state index in [1.807, 2.05) is 67.9 Å². The first kappa shape index (κ1) is 50.7. The standard InChI is InChI=1S/C31H33BrN6O2.C27H26BrN3O3/c1-4-22-6-9-28(33-17-22)34-12-14-35(15-13-34)31(40)30-21(3)38(27-8-7-23(32)16-26(27)30)24-10-11-36(18-24)25-19-37(20-25)29(39)5-2;1-2-26(33)31-13-18(14-31)11-22(32)16-30-17-24(23-12-21(28)7-8-25(23)30)27(34)29-10-9-19-5-3-4-6-20(19)15-29/h1,5-9,16-17,24-25H,2,10-15,18-20H2,3H3;2-8,12,17-18H,1,9-11,13-16H2. The lowest BCUT2D eigenvalue weighted by Gasteiger charge is -2.43. The monoisotopic (exact) mass is 1120 g/mol. The van der Waals surface area contributed by atoms with E-state index in [4.69, 9.17) is 6.42 Å². The second-order valence-electron chi connectivity index (χ2n) is 20.0. The van der Waals surface area contributed by atoms with Crippen molar-refractivity contribution in [3.63, 3.8) is 0 Å². The molecule has 5 aliphatic heterocycles. The Hall–Kier alpha value is -6.80. The summed E-state index contributed by atoms with van der Waals surface area (Å²) in [5.41, 5.74) is 7.66. The highest BCUT2D eigenvalue weighted by Gasteiger charge is 2.39. The summed E-state index contributed by atoms with van der Waals surface area (Å²) in [6.45, 7) is 18.0. The zero-order valence-corrected chi connectivity index (χ0v) is 44.8. The first-order valence-corrected chi connectivity index (χ1v) is 26.9. The molecular weight excluding hydrogens is 1060 g/mol. The maximum atomic E-state index is 14.0. The maximum Gasteiger partial charge on any atom is 0.256 e. The molecule has 4 amide bonds. The van der Waals surface area contributed by atoms with Crippen molar-refractivity contribution >= 4 is 88.9 Å². The van der Waals surface area contributed by atoms with Gasteiger partial charge >= 0.3 is 0 Å². The molecule has 1 unspecified atom stereocenters. The summed E-state index contributed by atoms with van der Waals surface area (Å²) in [7, 11) is 0. The Labute approximate surface area is 448 Å². The topological polar surface area (TPSA) is 128 Å². The smallest absolute Gasteiger partial charge is 0.256 e. The van der Waals surface area contributed by atoms with Gasteiger partial charge in [0.25, 0.3) is 11.8 Å². The van der Waals surface area contributed by atoms with E-state index in [9.17, 15) is 24.0 Å². The van der Waals surface area contributed by atoms with Gasteiger partial charge in [0.15, 0.2) is 5.78 Å². The summed E-state index contributed by atoms with van der Waals surface area (Å²) in [5.74, 6) is 3.76. The number of anilines is 1. The third-order valence-corrected chi connectivity index (χ3v) is 16.4. The second kappa shape index (κ2) is 21.6. The highest BCUT2D eigenvalue weighted by Crippen LogP contribution is 2.37. The number of hydrogen-bond acceptors (Lipinski definition) is 8. The molecule has 0 bridgehead atoms. The first-order valence-electron chi connectivity index (χ1n) is 25.3. The fourth-order valence-corrected chi connectivity index (χ4v) is 12.1. The number of halogens is 2. The van der Waals surface area contributed by atoms with Gasteiger partial charge < -0.3 is 33.6 Å². The third-order valence-electron chi connectivity index (χ3n) is 15.5. The average molecular weight is 1120 g/mol. The highest BCUT2D eigenvalue weighted by molar-refractivity contribution is 9.10. The Morgan fingerprint density at radius 3 is 2.08 bits per heavy atom. The molecule has 0 aliphatic carbocycles. The van der Waals surface area contributed by atoms with E-state index < -0.39 is 0 Å². The van der Waals surface area contributed by atoms with Crippen LogP contribution in [0.4, 0.5) is 5.82 Å². The van der Waals surface area contributed by atoms with Gasteiger partial charge in [0, 0.05) is 157 Å².